The van der Waals surface area contributed by atoms with Crippen LogP contribution in [0.1, 0.15) is 75.7 Å². The van der Waals surface area contributed by atoms with Crippen molar-refractivity contribution in [2.24, 2.45) is 5.92 Å². The van der Waals surface area contributed by atoms with Crippen molar-refractivity contribution in [1.82, 2.24) is 4.90 Å². The second kappa shape index (κ2) is 8.37. The molecule has 2 nitrogen and oxygen atoms in total. The van der Waals surface area contributed by atoms with Crippen LogP contribution in [0.3, 0.4) is 0 Å². The molecule has 3 heterocycles. The van der Waals surface area contributed by atoms with Gasteiger partial charge in [0.1, 0.15) is 0 Å². The van der Waals surface area contributed by atoms with E-state index < -0.39 is 0 Å². The van der Waals surface area contributed by atoms with Gasteiger partial charge in [0.2, 0.25) is 0 Å². The molecule has 0 N–H and O–H groups in total. The van der Waals surface area contributed by atoms with E-state index in [0.29, 0.717) is 0 Å². The van der Waals surface area contributed by atoms with Gasteiger partial charge in [-0.1, -0.05) is 57.1 Å². The minimum atomic E-state index is 0.755. The van der Waals surface area contributed by atoms with Crippen molar-refractivity contribution >= 4 is 17.4 Å². The van der Waals surface area contributed by atoms with Crippen molar-refractivity contribution in [3.8, 4) is 0 Å². The molecule has 1 saturated carbocycles. The molecule has 0 bridgehead atoms. The van der Waals surface area contributed by atoms with E-state index in [4.69, 9.17) is 0 Å². The van der Waals surface area contributed by atoms with E-state index in [1.807, 2.05) is 0 Å². The molecule has 0 unspecified atom stereocenters. The van der Waals surface area contributed by atoms with Gasteiger partial charge in [0.05, 0.1) is 5.69 Å². The summed E-state index contributed by atoms with van der Waals surface area (Å²) < 4.78 is 0. The number of hydrogen-bond acceptors (Lipinski definition) is 3. The average molecular weight is 385 g/mol. The number of likely N-dealkylation sites (tertiary alicyclic amines) is 1. The topological polar surface area (TPSA) is 6.48 Å². The Bertz CT molecular complexity index is 639. The van der Waals surface area contributed by atoms with Crippen LogP contribution in [-0.4, -0.2) is 42.9 Å². The number of nitrogens with zero attached hydrogens (tertiary/aromatic N) is 2. The first kappa shape index (κ1) is 18.4. The van der Waals surface area contributed by atoms with Crippen LogP contribution in [0.5, 0.6) is 0 Å². The summed E-state index contributed by atoms with van der Waals surface area (Å²) in [6, 6.07) is 7.89. The molecule has 0 aromatic heterocycles. The van der Waals surface area contributed by atoms with E-state index in [9.17, 15) is 0 Å². The maximum Gasteiger partial charge on any atom is 0.0543 e. The van der Waals surface area contributed by atoms with Gasteiger partial charge >= 0.3 is 0 Å². The quantitative estimate of drug-likeness (QED) is 0.583. The van der Waals surface area contributed by atoms with E-state index in [1.54, 1.807) is 16.1 Å². The molecule has 1 saturated heterocycles. The summed E-state index contributed by atoms with van der Waals surface area (Å²) in [5.74, 6) is 3.10. The monoisotopic (exact) mass is 384 g/mol. The minimum Gasteiger partial charge on any atom is -0.367 e. The normalized spacial score (nSPS) is 28.7. The molecular formula is C24H36N2S. The number of unbranched alkanes of at least 4 members (excludes halogenated alkanes) is 1. The summed E-state index contributed by atoms with van der Waals surface area (Å²) in [6.45, 7) is 5.22. The number of rotatable bonds is 5. The molecule has 3 heteroatoms. The van der Waals surface area contributed by atoms with Gasteiger partial charge in [-0.2, -0.15) is 0 Å². The van der Waals surface area contributed by atoms with Gasteiger partial charge in [-0.3, -0.25) is 0 Å². The summed E-state index contributed by atoms with van der Waals surface area (Å²) in [5.41, 5.74) is 3.29. The number of fused-ring (bicyclic) bond motifs is 3. The van der Waals surface area contributed by atoms with Gasteiger partial charge < -0.3 is 9.80 Å². The number of piperidine rings is 1. The van der Waals surface area contributed by atoms with E-state index >= 15 is 0 Å². The molecule has 2 atom stereocenters. The molecule has 0 radical (unpaired) electrons. The summed E-state index contributed by atoms with van der Waals surface area (Å²) in [7, 11) is 0. The van der Waals surface area contributed by atoms with Crippen molar-refractivity contribution in [2.45, 2.75) is 81.1 Å². The Labute approximate surface area is 170 Å². The second-order valence-electron chi connectivity index (χ2n) is 9.35. The van der Waals surface area contributed by atoms with Crippen LogP contribution in [0.15, 0.2) is 23.1 Å². The van der Waals surface area contributed by atoms with E-state index in [-0.39, 0.29) is 0 Å². The lowest BCUT2D eigenvalue weighted by Gasteiger charge is -2.39. The van der Waals surface area contributed by atoms with Crippen LogP contribution in [0, 0.1) is 5.92 Å². The Morgan fingerprint density at radius 2 is 1.89 bits per heavy atom. The third-order valence-corrected chi connectivity index (χ3v) is 8.77. The highest BCUT2D eigenvalue weighted by Crippen LogP contribution is 2.50. The highest BCUT2D eigenvalue weighted by Gasteiger charge is 2.43. The van der Waals surface area contributed by atoms with Crippen molar-refractivity contribution in [3.63, 3.8) is 0 Å². The zero-order valence-electron chi connectivity index (χ0n) is 16.9. The third kappa shape index (κ3) is 3.79. The smallest absolute Gasteiger partial charge is 0.0543 e. The molecule has 5 rings (SSSR count). The van der Waals surface area contributed by atoms with Gasteiger partial charge in [-0.15, -0.1) is 11.8 Å². The second-order valence-corrected chi connectivity index (χ2v) is 10.5. The van der Waals surface area contributed by atoms with Crippen molar-refractivity contribution in [2.75, 3.05) is 36.8 Å². The lowest BCUT2D eigenvalue weighted by Crippen LogP contribution is -2.46. The van der Waals surface area contributed by atoms with Crippen molar-refractivity contribution < 1.29 is 0 Å². The molecule has 1 aliphatic carbocycles. The van der Waals surface area contributed by atoms with Crippen LogP contribution in [0.4, 0.5) is 5.69 Å². The molecular weight excluding hydrogens is 348 g/mol. The fourth-order valence-corrected chi connectivity index (χ4v) is 7.30. The van der Waals surface area contributed by atoms with Gasteiger partial charge in [0.25, 0.3) is 0 Å². The molecule has 0 amide bonds. The lowest BCUT2D eigenvalue weighted by atomic mass is 9.85. The number of para-hydroxylation sites is 1. The minimum absolute atomic E-state index is 0.755. The van der Waals surface area contributed by atoms with Crippen LogP contribution < -0.4 is 4.90 Å². The van der Waals surface area contributed by atoms with Crippen molar-refractivity contribution in [3.05, 3.63) is 23.8 Å². The molecule has 4 aliphatic rings. The molecule has 2 fully saturated rings. The number of thioether (sulfide) groups is 1. The predicted octanol–water partition coefficient (Wildman–Crippen LogP) is 5.91. The predicted molar refractivity (Wildman–Crippen MR) is 117 cm³/mol. The Hall–Kier alpha value is -0.670. The van der Waals surface area contributed by atoms with Crippen LogP contribution >= 0.6 is 11.8 Å². The summed E-state index contributed by atoms with van der Waals surface area (Å²) >= 11 is 2.09. The van der Waals surface area contributed by atoms with Gasteiger partial charge in [0, 0.05) is 36.5 Å². The molecule has 27 heavy (non-hydrogen) atoms. The molecule has 1 aromatic carbocycles. The molecule has 1 aromatic rings. The number of benzene rings is 1. The van der Waals surface area contributed by atoms with Crippen molar-refractivity contribution in [1.29, 1.82) is 0 Å². The summed E-state index contributed by atoms with van der Waals surface area (Å²) in [5, 5.41) is 0. The van der Waals surface area contributed by atoms with Gasteiger partial charge in [-0.05, 0) is 49.1 Å². The van der Waals surface area contributed by atoms with Gasteiger partial charge in [0.15, 0.2) is 0 Å². The highest BCUT2D eigenvalue weighted by atomic mass is 32.2. The molecule has 148 valence electrons. The number of hydrogen-bond donors (Lipinski definition) is 0. The van der Waals surface area contributed by atoms with Crippen LogP contribution in [-0.2, 0) is 0 Å². The summed E-state index contributed by atoms with van der Waals surface area (Å²) in [6.07, 6.45) is 14.6. The first-order chi connectivity index (χ1) is 13.4. The lowest BCUT2D eigenvalue weighted by molar-refractivity contribution is 0.188. The molecule has 3 aliphatic heterocycles. The number of anilines is 1. The Morgan fingerprint density at radius 1 is 0.963 bits per heavy atom. The van der Waals surface area contributed by atoms with Crippen LogP contribution in [0.25, 0.3) is 0 Å². The van der Waals surface area contributed by atoms with E-state index in [2.05, 4.69) is 39.8 Å². The average Bonchev–Trinajstić information content (AvgIpc) is 2.87. The highest BCUT2D eigenvalue weighted by molar-refractivity contribution is 7.99. The Kier molecular flexibility index (Phi) is 5.69. The molecule has 0 spiro atoms. The van der Waals surface area contributed by atoms with Gasteiger partial charge in [-0.25, -0.2) is 0 Å². The first-order valence-corrected chi connectivity index (χ1v) is 12.6. The maximum absolute atomic E-state index is 2.80. The Morgan fingerprint density at radius 3 is 2.81 bits per heavy atom. The third-order valence-electron chi connectivity index (χ3n) is 7.64. The standard InChI is InChI=1S/C24H36N2S/c1-2-8-19(9-3-1)10-4-5-14-25-16-13-22-21(18-25)20-11-6-12-23-24(20)26(22)15-7-17-27-23/h6,11-12,19,21-22H,1-5,7-10,13-18H2/t21-,22-/m1/s1. The Balaban J connectivity index is 1.18. The SMILES string of the molecule is c1cc2c3c(c1)[C@H]1CN(CCCCC4CCCCC4)CC[C@H]1N3CCCS2. The fourth-order valence-electron chi connectivity index (χ4n) is 6.26. The zero-order valence-corrected chi connectivity index (χ0v) is 17.7. The largest absolute Gasteiger partial charge is 0.367 e. The zero-order chi connectivity index (χ0) is 18.1. The summed E-state index contributed by atoms with van der Waals surface area (Å²) in [4.78, 5) is 7.15. The first-order valence-electron chi connectivity index (χ1n) is 11.6. The van der Waals surface area contributed by atoms with Crippen LogP contribution in [0.2, 0.25) is 0 Å². The maximum atomic E-state index is 2.80. The van der Waals surface area contributed by atoms with E-state index in [1.165, 1.54) is 96.1 Å². The van der Waals surface area contributed by atoms with E-state index in [0.717, 1.165) is 17.9 Å². The fraction of sp³-hybridized carbons (Fsp3) is 0.750.